The van der Waals surface area contributed by atoms with Gasteiger partial charge in [-0.05, 0) is 35.4 Å². The maximum Gasteiger partial charge on any atom is 0.344 e. The average Bonchev–Trinajstić information content (AvgIpc) is 3.10. The first-order valence-electron chi connectivity index (χ1n) is 9.75. The van der Waals surface area contributed by atoms with E-state index in [0.29, 0.717) is 27.4 Å². The van der Waals surface area contributed by atoms with Crippen LogP contribution in [-0.2, 0) is 15.1 Å². The van der Waals surface area contributed by atoms with E-state index in [1.165, 1.54) is 0 Å². The van der Waals surface area contributed by atoms with Gasteiger partial charge in [0.15, 0.2) is 12.1 Å². The van der Waals surface area contributed by atoms with Crippen molar-refractivity contribution in [3.8, 4) is 11.8 Å². The number of nitrogens with one attached hydrogen (secondary N) is 2. The van der Waals surface area contributed by atoms with Gasteiger partial charge < -0.3 is 10.1 Å². The van der Waals surface area contributed by atoms with Crippen LogP contribution in [0.5, 0.6) is 5.75 Å². The van der Waals surface area contributed by atoms with Crippen LogP contribution in [-0.4, -0.2) is 29.5 Å². The fourth-order valence-electron chi connectivity index (χ4n) is 3.50. The highest BCUT2D eigenvalue weighted by Gasteiger charge is 2.54. The van der Waals surface area contributed by atoms with Crippen molar-refractivity contribution in [1.82, 2.24) is 15.8 Å². The van der Waals surface area contributed by atoms with Gasteiger partial charge in [0, 0.05) is 0 Å². The number of nitrogens with zero attached hydrogens (tertiary/aromatic N) is 2. The molecule has 0 saturated carbocycles. The molecule has 1 aliphatic rings. The van der Waals surface area contributed by atoms with Gasteiger partial charge in [0.2, 0.25) is 0 Å². The monoisotopic (exact) mass is 426 g/mol. The molecule has 0 atom stereocenters. The Hall–Kier alpha value is -4.64. The Morgan fingerprint density at radius 2 is 1.50 bits per heavy atom. The zero-order chi connectivity index (χ0) is 22.6. The lowest BCUT2D eigenvalue weighted by molar-refractivity contribution is -0.139. The smallest absolute Gasteiger partial charge is 0.344 e. The molecule has 4 rings (SSSR count). The molecule has 0 spiro atoms. The van der Waals surface area contributed by atoms with Gasteiger partial charge in [0.05, 0.1) is 11.6 Å². The van der Waals surface area contributed by atoms with E-state index in [0.717, 1.165) is 0 Å². The van der Waals surface area contributed by atoms with Crippen molar-refractivity contribution in [2.24, 2.45) is 0 Å². The second-order valence-electron chi connectivity index (χ2n) is 7.01. The Morgan fingerprint density at radius 3 is 2.03 bits per heavy atom. The van der Waals surface area contributed by atoms with Crippen LogP contribution in [0.3, 0.4) is 0 Å². The van der Waals surface area contributed by atoms with Crippen molar-refractivity contribution in [3.63, 3.8) is 0 Å². The molecule has 0 aromatic heterocycles. The van der Waals surface area contributed by atoms with Crippen LogP contribution in [0.2, 0.25) is 0 Å². The van der Waals surface area contributed by atoms with Gasteiger partial charge in [-0.2, -0.15) is 10.3 Å². The number of carbonyl (C=O) groups excluding carboxylic acids is 3. The standard InChI is InChI=1S/C24H18N4O4/c25-15-17-11-13-20(14-12-17)32-16-21(29)27-28-22(30)24(26-23(28)31,18-7-3-1-4-8-18)19-9-5-2-6-10-19/h1-14H,16H2,(H,26,31)(H,27,29). The normalized spacial score (nSPS) is 14.4. The summed E-state index contributed by atoms with van der Waals surface area (Å²) in [5.41, 5.74) is 2.44. The molecule has 3 aromatic carbocycles. The highest BCUT2D eigenvalue weighted by Crippen LogP contribution is 2.35. The largest absolute Gasteiger partial charge is 0.484 e. The number of urea groups is 1. The van der Waals surface area contributed by atoms with E-state index in [2.05, 4.69) is 10.7 Å². The number of hydrazine groups is 1. The molecular weight excluding hydrogens is 408 g/mol. The summed E-state index contributed by atoms with van der Waals surface area (Å²) >= 11 is 0. The third kappa shape index (κ3) is 3.75. The molecule has 8 nitrogen and oxygen atoms in total. The van der Waals surface area contributed by atoms with E-state index < -0.39 is 30.0 Å². The van der Waals surface area contributed by atoms with Crippen molar-refractivity contribution in [1.29, 1.82) is 5.26 Å². The lowest BCUT2D eigenvalue weighted by atomic mass is 9.83. The first kappa shape index (κ1) is 20.6. The summed E-state index contributed by atoms with van der Waals surface area (Å²) in [6.45, 7) is -0.424. The SMILES string of the molecule is N#Cc1ccc(OCC(=O)NN2C(=O)NC(c3ccccc3)(c3ccccc3)C2=O)cc1. The van der Waals surface area contributed by atoms with Gasteiger partial charge in [0.25, 0.3) is 11.8 Å². The van der Waals surface area contributed by atoms with Crippen LogP contribution in [0, 0.1) is 11.3 Å². The molecular formula is C24H18N4O4. The molecule has 2 N–H and O–H groups in total. The van der Waals surface area contributed by atoms with Crippen molar-refractivity contribution in [2.75, 3.05) is 6.61 Å². The first-order valence-corrected chi connectivity index (χ1v) is 9.75. The summed E-state index contributed by atoms with van der Waals surface area (Å²) in [6, 6.07) is 25.1. The number of hydrogen-bond acceptors (Lipinski definition) is 5. The highest BCUT2D eigenvalue weighted by molar-refractivity contribution is 6.10. The molecule has 0 bridgehead atoms. The Morgan fingerprint density at radius 1 is 0.938 bits per heavy atom. The Kier molecular flexibility index (Phi) is 5.55. The van der Waals surface area contributed by atoms with E-state index in [1.807, 2.05) is 18.2 Å². The topological polar surface area (TPSA) is 112 Å². The van der Waals surface area contributed by atoms with Gasteiger partial charge in [-0.1, -0.05) is 60.7 Å². The minimum atomic E-state index is -1.47. The molecule has 1 heterocycles. The predicted octanol–water partition coefficient (Wildman–Crippen LogP) is 2.46. The number of nitriles is 1. The fraction of sp³-hybridized carbons (Fsp3) is 0.0833. The Bertz CT molecular complexity index is 1150. The Labute approximate surface area is 184 Å². The Balaban J connectivity index is 1.54. The third-order valence-electron chi connectivity index (χ3n) is 5.02. The number of ether oxygens (including phenoxy) is 1. The summed E-state index contributed by atoms with van der Waals surface area (Å²) < 4.78 is 5.38. The quantitative estimate of drug-likeness (QED) is 0.588. The molecule has 158 valence electrons. The molecule has 4 amide bonds. The van der Waals surface area contributed by atoms with Crippen LogP contribution in [0.1, 0.15) is 16.7 Å². The summed E-state index contributed by atoms with van der Waals surface area (Å²) in [4.78, 5) is 38.6. The third-order valence-corrected chi connectivity index (χ3v) is 5.02. The molecule has 0 unspecified atom stereocenters. The fourth-order valence-corrected chi connectivity index (χ4v) is 3.50. The predicted molar refractivity (Wildman–Crippen MR) is 114 cm³/mol. The van der Waals surface area contributed by atoms with Crippen molar-refractivity contribution in [3.05, 3.63) is 102 Å². The summed E-state index contributed by atoms with van der Waals surface area (Å²) in [7, 11) is 0. The highest BCUT2D eigenvalue weighted by atomic mass is 16.5. The number of hydrogen-bond donors (Lipinski definition) is 2. The van der Waals surface area contributed by atoms with Gasteiger partial charge >= 0.3 is 6.03 Å². The van der Waals surface area contributed by atoms with Crippen LogP contribution < -0.4 is 15.5 Å². The molecule has 8 heteroatoms. The molecule has 0 aliphatic carbocycles. The number of imide groups is 1. The molecule has 0 radical (unpaired) electrons. The van der Waals surface area contributed by atoms with E-state index in [-0.39, 0.29) is 0 Å². The summed E-state index contributed by atoms with van der Waals surface area (Å²) in [6.07, 6.45) is 0. The van der Waals surface area contributed by atoms with Crippen molar-refractivity contribution < 1.29 is 19.1 Å². The van der Waals surface area contributed by atoms with E-state index in [9.17, 15) is 14.4 Å². The van der Waals surface area contributed by atoms with Crippen molar-refractivity contribution >= 4 is 17.8 Å². The van der Waals surface area contributed by atoms with E-state index in [1.54, 1.807) is 72.8 Å². The van der Waals surface area contributed by atoms with Gasteiger partial charge in [0.1, 0.15) is 5.75 Å². The summed E-state index contributed by atoms with van der Waals surface area (Å²) in [5.74, 6) is -0.944. The number of amides is 4. The van der Waals surface area contributed by atoms with Crippen LogP contribution in [0.4, 0.5) is 4.79 Å². The number of carbonyl (C=O) groups is 3. The number of rotatable bonds is 6. The minimum absolute atomic E-state index is 0.374. The summed E-state index contributed by atoms with van der Waals surface area (Å²) in [5, 5.41) is 12.2. The first-order chi connectivity index (χ1) is 15.5. The second kappa shape index (κ2) is 8.62. The van der Waals surface area contributed by atoms with Gasteiger partial charge in [-0.3, -0.25) is 15.0 Å². The zero-order valence-electron chi connectivity index (χ0n) is 16.8. The van der Waals surface area contributed by atoms with Gasteiger partial charge in [-0.25, -0.2) is 4.79 Å². The lowest BCUT2D eigenvalue weighted by Crippen LogP contribution is -2.50. The van der Waals surface area contributed by atoms with Crippen LogP contribution >= 0.6 is 0 Å². The minimum Gasteiger partial charge on any atom is -0.484 e. The number of benzene rings is 3. The molecule has 1 fully saturated rings. The maximum absolute atomic E-state index is 13.5. The molecule has 3 aromatic rings. The van der Waals surface area contributed by atoms with E-state index >= 15 is 0 Å². The van der Waals surface area contributed by atoms with Crippen molar-refractivity contribution in [2.45, 2.75) is 5.54 Å². The molecule has 1 saturated heterocycles. The second-order valence-corrected chi connectivity index (χ2v) is 7.01. The van der Waals surface area contributed by atoms with Gasteiger partial charge in [-0.15, -0.1) is 0 Å². The average molecular weight is 426 g/mol. The lowest BCUT2D eigenvalue weighted by Gasteiger charge is -2.27. The zero-order valence-corrected chi connectivity index (χ0v) is 16.8. The maximum atomic E-state index is 13.5. The molecule has 32 heavy (non-hydrogen) atoms. The molecule has 1 aliphatic heterocycles. The van der Waals surface area contributed by atoms with Crippen LogP contribution in [0.25, 0.3) is 0 Å². The van der Waals surface area contributed by atoms with E-state index in [4.69, 9.17) is 10.00 Å². The van der Waals surface area contributed by atoms with Crippen LogP contribution in [0.15, 0.2) is 84.9 Å².